The number of carbonyl (C=O) groups excluding carboxylic acids is 2. The van der Waals surface area contributed by atoms with Crippen LogP contribution in [-0.4, -0.2) is 49.9 Å². The third-order valence-electron chi connectivity index (χ3n) is 6.02. The van der Waals surface area contributed by atoms with Gasteiger partial charge in [0.05, 0.1) is 17.2 Å². The van der Waals surface area contributed by atoms with Gasteiger partial charge >= 0.3 is 0 Å². The minimum atomic E-state index is -4.26. The zero-order valence-electron chi connectivity index (χ0n) is 23.7. The minimum absolute atomic E-state index is 0.0435. The highest BCUT2D eigenvalue weighted by atomic mass is 79.9. The van der Waals surface area contributed by atoms with Crippen LogP contribution in [0.5, 0.6) is 5.75 Å². The van der Waals surface area contributed by atoms with Crippen LogP contribution in [0.4, 0.5) is 5.69 Å². The van der Waals surface area contributed by atoms with Crippen molar-refractivity contribution in [3.63, 3.8) is 0 Å². The normalized spacial score (nSPS) is 12.4. The highest BCUT2D eigenvalue weighted by Gasteiger charge is 2.34. The molecule has 3 rings (SSSR count). The first-order valence-corrected chi connectivity index (χ1v) is 15.7. The molecule has 41 heavy (non-hydrogen) atoms. The highest BCUT2D eigenvalue weighted by Crippen LogP contribution is 2.33. The highest BCUT2D eigenvalue weighted by molar-refractivity contribution is 9.10. The lowest BCUT2D eigenvalue weighted by Crippen LogP contribution is -2.54. The van der Waals surface area contributed by atoms with Gasteiger partial charge in [-0.05, 0) is 88.7 Å². The molecule has 0 heterocycles. The van der Waals surface area contributed by atoms with Crippen LogP contribution >= 0.6 is 27.5 Å². The first-order chi connectivity index (χ1) is 19.2. The molecule has 0 spiro atoms. The number of benzene rings is 3. The molecule has 2 amide bonds. The number of anilines is 1. The summed E-state index contributed by atoms with van der Waals surface area (Å²) in [7, 11) is -4.26. The average molecular weight is 665 g/mol. The SMILES string of the molecule is CCOc1ccccc1N(CC(=O)N(Cc1cccc(Br)c1)[C@H](C)C(=O)NC(C)(C)C)S(=O)(=O)c1ccc(Cl)cc1. The van der Waals surface area contributed by atoms with E-state index in [-0.39, 0.29) is 23.0 Å². The van der Waals surface area contributed by atoms with Gasteiger partial charge in [-0.15, -0.1) is 0 Å². The fraction of sp³-hybridized carbons (Fsp3) is 0.333. The molecule has 8 nitrogen and oxygen atoms in total. The Balaban J connectivity index is 2.09. The maximum absolute atomic E-state index is 14.1. The molecule has 0 radical (unpaired) electrons. The molecule has 3 aromatic carbocycles. The molecule has 0 aromatic heterocycles. The maximum Gasteiger partial charge on any atom is 0.264 e. The summed E-state index contributed by atoms with van der Waals surface area (Å²) in [6.45, 7) is 8.77. The monoisotopic (exact) mass is 663 g/mol. The van der Waals surface area contributed by atoms with Gasteiger partial charge in [0.1, 0.15) is 18.3 Å². The summed E-state index contributed by atoms with van der Waals surface area (Å²) in [4.78, 5) is 28.7. The third kappa shape index (κ3) is 8.70. The van der Waals surface area contributed by atoms with Crippen molar-refractivity contribution in [3.8, 4) is 5.75 Å². The number of nitrogens with one attached hydrogen (secondary N) is 1. The molecule has 0 bridgehead atoms. The van der Waals surface area contributed by atoms with Crippen molar-refractivity contribution in [2.24, 2.45) is 0 Å². The van der Waals surface area contributed by atoms with Crippen LogP contribution in [0.15, 0.2) is 82.2 Å². The standard InChI is InChI=1S/C30H35BrClN3O5S/c1-6-40-27-13-8-7-12-26(27)35(41(38,39)25-16-14-24(32)15-17-25)20-28(36)34(19-22-10-9-11-23(31)18-22)21(2)29(37)33-30(3,4)5/h7-18,21H,6,19-20H2,1-5H3,(H,33,37)/t21-/m1/s1. The topological polar surface area (TPSA) is 96.0 Å². The number of nitrogens with zero attached hydrogens (tertiary/aromatic N) is 2. The first kappa shape index (κ1) is 32.4. The van der Waals surface area contributed by atoms with Crippen LogP contribution in [-0.2, 0) is 26.2 Å². The van der Waals surface area contributed by atoms with Crippen LogP contribution in [0.1, 0.15) is 40.2 Å². The molecule has 0 fully saturated rings. The molecule has 1 N–H and O–H groups in total. The van der Waals surface area contributed by atoms with Gasteiger partial charge < -0.3 is 15.0 Å². The summed E-state index contributed by atoms with van der Waals surface area (Å²) in [5.41, 5.74) is 0.438. The molecular formula is C30H35BrClN3O5S. The van der Waals surface area contributed by atoms with Gasteiger partial charge in [-0.2, -0.15) is 0 Å². The second-order valence-electron chi connectivity index (χ2n) is 10.4. The van der Waals surface area contributed by atoms with Crippen LogP contribution < -0.4 is 14.4 Å². The number of ether oxygens (including phenoxy) is 1. The summed E-state index contributed by atoms with van der Waals surface area (Å²) < 4.78 is 35.6. The molecule has 1 atom stereocenters. The largest absolute Gasteiger partial charge is 0.492 e. The molecule has 0 saturated carbocycles. The number of amides is 2. The third-order valence-corrected chi connectivity index (χ3v) is 8.54. The minimum Gasteiger partial charge on any atom is -0.492 e. The Labute approximate surface area is 255 Å². The fourth-order valence-electron chi connectivity index (χ4n) is 4.08. The lowest BCUT2D eigenvalue weighted by Gasteiger charge is -2.33. The van der Waals surface area contributed by atoms with Gasteiger partial charge in [0, 0.05) is 21.6 Å². The van der Waals surface area contributed by atoms with E-state index in [1.54, 1.807) is 38.1 Å². The molecular weight excluding hydrogens is 630 g/mol. The van der Waals surface area contributed by atoms with E-state index in [4.69, 9.17) is 16.3 Å². The summed E-state index contributed by atoms with van der Waals surface area (Å²) >= 11 is 9.47. The summed E-state index contributed by atoms with van der Waals surface area (Å²) in [5.74, 6) is -0.620. The number of para-hydroxylation sites is 2. The fourth-order valence-corrected chi connectivity index (χ4v) is 6.07. The van der Waals surface area contributed by atoms with Gasteiger partial charge in [0.2, 0.25) is 11.8 Å². The van der Waals surface area contributed by atoms with Crippen LogP contribution in [0, 0.1) is 0 Å². The van der Waals surface area contributed by atoms with Crippen molar-refractivity contribution < 1.29 is 22.7 Å². The van der Waals surface area contributed by atoms with Gasteiger partial charge in [0.25, 0.3) is 10.0 Å². The summed E-state index contributed by atoms with van der Waals surface area (Å²) in [6.07, 6.45) is 0. The van der Waals surface area contributed by atoms with E-state index in [9.17, 15) is 18.0 Å². The maximum atomic E-state index is 14.1. The molecule has 0 aliphatic carbocycles. The Morgan fingerprint density at radius 3 is 2.29 bits per heavy atom. The van der Waals surface area contributed by atoms with Crippen molar-refractivity contribution in [2.45, 2.75) is 57.6 Å². The van der Waals surface area contributed by atoms with Gasteiger partial charge in [0.15, 0.2) is 0 Å². The number of hydrogen-bond acceptors (Lipinski definition) is 5. The zero-order chi connectivity index (χ0) is 30.4. The molecule has 0 aliphatic rings. The van der Waals surface area contributed by atoms with E-state index in [0.29, 0.717) is 17.4 Å². The molecule has 11 heteroatoms. The van der Waals surface area contributed by atoms with Crippen molar-refractivity contribution in [2.75, 3.05) is 17.5 Å². The van der Waals surface area contributed by atoms with Crippen molar-refractivity contribution in [1.29, 1.82) is 0 Å². The quantitative estimate of drug-likeness (QED) is 0.270. The summed E-state index contributed by atoms with van der Waals surface area (Å²) in [5, 5.41) is 3.29. The first-order valence-electron chi connectivity index (χ1n) is 13.1. The Kier molecular flexibility index (Phi) is 10.9. The number of rotatable bonds is 11. The van der Waals surface area contributed by atoms with E-state index in [2.05, 4.69) is 21.2 Å². The predicted octanol–water partition coefficient (Wildman–Crippen LogP) is 6.03. The summed E-state index contributed by atoms with van der Waals surface area (Å²) in [6, 6.07) is 18.8. The average Bonchev–Trinajstić information content (AvgIpc) is 2.90. The number of halogens is 2. The van der Waals surface area contributed by atoms with Crippen LogP contribution in [0.2, 0.25) is 5.02 Å². The lowest BCUT2D eigenvalue weighted by molar-refractivity contribution is -0.140. The number of carbonyl (C=O) groups is 2. The lowest BCUT2D eigenvalue weighted by atomic mass is 10.1. The molecule has 220 valence electrons. The van der Waals surface area contributed by atoms with Crippen LogP contribution in [0.25, 0.3) is 0 Å². The van der Waals surface area contributed by atoms with Crippen molar-refractivity contribution in [1.82, 2.24) is 10.2 Å². The smallest absolute Gasteiger partial charge is 0.264 e. The Bertz CT molecular complexity index is 1480. The molecule has 0 unspecified atom stereocenters. The van der Waals surface area contributed by atoms with E-state index >= 15 is 0 Å². The second-order valence-corrected chi connectivity index (χ2v) is 13.6. The van der Waals surface area contributed by atoms with E-state index in [1.807, 2.05) is 45.0 Å². The van der Waals surface area contributed by atoms with E-state index < -0.39 is 34.1 Å². The molecule has 3 aromatic rings. The zero-order valence-corrected chi connectivity index (χ0v) is 26.9. The van der Waals surface area contributed by atoms with Crippen LogP contribution in [0.3, 0.4) is 0 Å². The molecule has 0 aliphatic heterocycles. The Morgan fingerprint density at radius 2 is 1.68 bits per heavy atom. The molecule has 0 saturated heterocycles. The van der Waals surface area contributed by atoms with Crippen molar-refractivity contribution in [3.05, 3.63) is 87.9 Å². The predicted molar refractivity (Wildman–Crippen MR) is 166 cm³/mol. The van der Waals surface area contributed by atoms with Gasteiger partial charge in [-0.25, -0.2) is 8.42 Å². The van der Waals surface area contributed by atoms with Gasteiger partial charge in [-0.1, -0.05) is 51.8 Å². The van der Waals surface area contributed by atoms with Crippen molar-refractivity contribution >= 4 is 55.1 Å². The van der Waals surface area contributed by atoms with E-state index in [1.165, 1.54) is 29.2 Å². The van der Waals surface area contributed by atoms with Gasteiger partial charge in [-0.3, -0.25) is 13.9 Å². The van der Waals surface area contributed by atoms with E-state index in [0.717, 1.165) is 14.3 Å². The number of hydrogen-bond donors (Lipinski definition) is 1. The Morgan fingerprint density at radius 1 is 1.02 bits per heavy atom. The second kappa shape index (κ2) is 13.7. The Hall–Kier alpha value is -3.08. The number of sulfonamides is 1.